The fourth-order valence-corrected chi connectivity index (χ4v) is 1.13. The highest BCUT2D eigenvalue weighted by atomic mass is 35.5. The molecule has 0 fully saturated rings. The Bertz CT molecular complexity index is 310. The van der Waals surface area contributed by atoms with Crippen molar-refractivity contribution in [3.63, 3.8) is 0 Å². The average molecular weight is 200 g/mol. The van der Waals surface area contributed by atoms with E-state index in [-0.39, 0.29) is 5.82 Å². The normalized spacial score (nSPS) is 10.7. The maximum atomic E-state index is 12.7. The third-order valence-corrected chi connectivity index (χ3v) is 1.87. The van der Waals surface area contributed by atoms with Gasteiger partial charge in [0.2, 0.25) is 0 Å². The first-order chi connectivity index (χ1) is 6.24. The van der Waals surface area contributed by atoms with Gasteiger partial charge in [0.1, 0.15) is 5.82 Å². The van der Waals surface area contributed by atoms with E-state index in [2.05, 4.69) is 5.32 Å². The fourth-order valence-electron chi connectivity index (χ4n) is 1.04. The minimum absolute atomic E-state index is 0.212. The second-order valence-corrected chi connectivity index (χ2v) is 2.95. The van der Waals surface area contributed by atoms with Crippen LogP contribution >= 0.6 is 11.6 Å². The predicted molar refractivity (Wildman–Crippen MR) is 54.6 cm³/mol. The van der Waals surface area contributed by atoms with E-state index in [1.54, 1.807) is 12.1 Å². The highest BCUT2D eigenvalue weighted by Gasteiger charge is 1.97. The van der Waals surface area contributed by atoms with Crippen molar-refractivity contribution >= 4 is 17.3 Å². The van der Waals surface area contributed by atoms with E-state index in [1.807, 2.05) is 6.92 Å². The third-order valence-electron chi connectivity index (χ3n) is 1.69. The SMILES string of the molecule is Cc1cc(F)ccc1NC/C=C/Cl. The van der Waals surface area contributed by atoms with Crippen LogP contribution in [0.15, 0.2) is 29.8 Å². The summed E-state index contributed by atoms with van der Waals surface area (Å²) in [6.45, 7) is 2.51. The number of nitrogens with one attached hydrogen (secondary N) is 1. The summed E-state index contributed by atoms with van der Waals surface area (Å²) in [6.07, 6.45) is 1.78. The standard InChI is InChI=1S/C10H11ClFN/c1-8-7-9(12)3-4-10(8)13-6-2-5-11/h2-5,7,13H,6H2,1H3/b5-2+. The molecule has 3 heteroatoms. The summed E-state index contributed by atoms with van der Waals surface area (Å²) in [5.41, 5.74) is 3.27. The quantitative estimate of drug-likeness (QED) is 0.788. The van der Waals surface area contributed by atoms with Gasteiger partial charge < -0.3 is 5.32 Å². The van der Waals surface area contributed by atoms with Gasteiger partial charge in [0.05, 0.1) is 0 Å². The van der Waals surface area contributed by atoms with Crippen molar-refractivity contribution in [2.75, 3.05) is 11.9 Å². The third kappa shape index (κ3) is 3.07. The molecule has 1 rings (SSSR count). The van der Waals surface area contributed by atoms with Crippen molar-refractivity contribution in [1.82, 2.24) is 0 Å². The first kappa shape index (κ1) is 10.1. The number of aryl methyl sites for hydroxylation is 1. The summed E-state index contributed by atoms with van der Waals surface area (Å²) in [6, 6.07) is 4.64. The Kier molecular flexibility index (Phi) is 3.77. The van der Waals surface area contributed by atoms with E-state index in [9.17, 15) is 4.39 Å². The minimum Gasteiger partial charge on any atom is -0.381 e. The van der Waals surface area contributed by atoms with Gasteiger partial charge in [-0.25, -0.2) is 4.39 Å². The van der Waals surface area contributed by atoms with Crippen molar-refractivity contribution in [3.8, 4) is 0 Å². The molecule has 1 aromatic rings. The van der Waals surface area contributed by atoms with Crippen LogP contribution in [-0.4, -0.2) is 6.54 Å². The van der Waals surface area contributed by atoms with Gasteiger partial charge in [-0.2, -0.15) is 0 Å². The van der Waals surface area contributed by atoms with E-state index in [1.165, 1.54) is 17.7 Å². The smallest absolute Gasteiger partial charge is 0.123 e. The van der Waals surface area contributed by atoms with Crippen LogP contribution in [-0.2, 0) is 0 Å². The molecule has 0 saturated carbocycles. The summed E-state index contributed by atoms with van der Waals surface area (Å²) in [4.78, 5) is 0. The molecule has 1 nitrogen and oxygen atoms in total. The van der Waals surface area contributed by atoms with Crippen LogP contribution in [0.3, 0.4) is 0 Å². The molecule has 1 aromatic carbocycles. The number of benzene rings is 1. The molecule has 0 aliphatic carbocycles. The van der Waals surface area contributed by atoms with Crippen molar-refractivity contribution in [1.29, 1.82) is 0 Å². The van der Waals surface area contributed by atoms with Crippen molar-refractivity contribution in [3.05, 3.63) is 41.2 Å². The van der Waals surface area contributed by atoms with Crippen molar-refractivity contribution in [2.24, 2.45) is 0 Å². The lowest BCUT2D eigenvalue weighted by atomic mass is 10.2. The molecule has 0 atom stereocenters. The van der Waals surface area contributed by atoms with E-state index >= 15 is 0 Å². The molecule has 1 N–H and O–H groups in total. The summed E-state index contributed by atoms with van der Waals surface area (Å²) >= 11 is 5.35. The van der Waals surface area contributed by atoms with Crippen LogP contribution in [0.1, 0.15) is 5.56 Å². The monoisotopic (exact) mass is 199 g/mol. The maximum Gasteiger partial charge on any atom is 0.123 e. The Labute approximate surface area is 82.2 Å². The minimum atomic E-state index is -0.212. The molecule has 0 radical (unpaired) electrons. The molecule has 0 aliphatic heterocycles. The molecule has 0 bridgehead atoms. The summed E-state index contributed by atoms with van der Waals surface area (Å²) in [5, 5.41) is 3.10. The average Bonchev–Trinajstić information content (AvgIpc) is 2.09. The van der Waals surface area contributed by atoms with Gasteiger partial charge in [-0.15, -0.1) is 0 Å². The number of halogens is 2. The number of anilines is 1. The Morgan fingerprint density at radius 2 is 2.31 bits per heavy atom. The lowest BCUT2D eigenvalue weighted by Crippen LogP contribution is -1.99. The topological polar surface area (TPSA) is 12.0 Å². The second kappa shape index (κ2) is 4.87. The van der Waals surface area contributed by atoms with Gasteiger partial charge in [-0.3, -0.25) is 0 Å². The van der Waals surface area contributed by atoms with E-state index in [0.29, 0.717) is 6.54 Å². The molecule has 0 unspecified atom stereocenters. The van der Waals surface area contributed by atoms with Gasteiger partial charge >= 0.3 is 0 Å². The molecule has 0 aromatic heterocycles. The van der Waals surface area contributed by atoms with Crippen LogP contribution in [0, 0.1) is 12.7 Å². The first-order valence-corrected chi connectivity index (χ1v) is 4.43. The van der Waals surface area contributed by atoms with E-state index in [0.717, 1.165) is 11.3 Å². The zero-order chi connectivity index (χ0) is 9.68. The van der Waals surface area contributed by atoms with Gasteiger partial charge in [-0.1, -0.05) is 17.7 Å². The van der Waals surface area contributed by atoms with Gasteiger partial charge in [-0.05, 0) is 30.7 Å². The summed E-state index contributed by atoms with van der Waals surface area (Å²) in [5.74, 6) is -0.212. The Balaban J connectivity index is 2.66. The highest BCUT2D eigenvalue weighted by molar-refractivity contribution is 6.25. The van der Waals surface area contributed by atoms with Crippen molar-refractivity contribution < 1.29 is 4.39 Å². The van der Waals surface area contributed by atoms with Crippen LogP contribution < -0.4 is 5.32 Å². The molecule has 0 spiro atoms. The fraction of sp³-hybridized carbons (Fsp3) is 0.200. The molecule has 0 saturated heterocycles. The van der Waals surface area contributed by atoms with Gasteiger partial charge in [0.25, 0.3) is 0 Å². The molecule has 0 amide bonds. The maximum absolute atomic E-state index is 12.7. The number of rotatable bonds is 3. The lowest BCUT2D eigenvalue weighted by molar-refractivity contribution is 0.627. The number of hydrogen-bond donors (Lipinski definition) is 1. The van der Waals surface area contributed by atoms with Crippen LogP contribution in [0.4, 0.5) is 10.1 Å². The van der Waals surface area contributed by atoms with Crippen LogP contribution in [0.5, 0.6) is 0 Å². The predicted octanol–water partition coefficient (Wildman–Crippen LogP) is 3.30. The summed E-state index contributed by atoms with van der Waals surface area (Å²) < 4.78 is 12.7. The zero-order valence-corrected chi connectivity index (χ0v) is 8.11. The second-order valence-electron chi connectivity index (χ2n) is 2.70. The molecular weight excluding hydrogens is 189 g/mol. The Morgan fingerprint density at radius 1 is 1.54 bits per heavy atom. The molecule has 70 valence electrons. The zero-order valence-electron chi connectivity index (χ0n) is 7.35. The Hall–Kier alpha value is -1.02. The largest absolute Gasteiger partial charge is 0.381 e. The summed E-state index contributed by atoms with van der Waals surface area (Å²) in [7, 11) is 0. The van der Waals surface area contributed by atoms with E-state index in [4.69, 9.17) is 11.6 Å². The lowest BCUT2D eigenvalue weighted by Gasteiger charge is -2.06. The van der Waals surface area contributed by atoms with Gasteiger partial charge in [0, 0.05) is 17.8 Å². The highest BCUT2D eigenvalue weighted by Crippen LogP contribution is 2.14. The Morgan fingerprint density at radius 3 is 2.92 bits per heavy atom. The van der Waals surface area contributed by atoms with Crippen LogP contribution in [0.25, 0.3) is 0 Å². The van der Waals surface area contributed by atoms with Crippen LogP contribution in [0.2, 0.25) is 0 Å². The first-order valence-electron chi connectivity index (χ1n) is 3.99. The van der Waals surface area contributed by atoms with Crippen molar-refractivity contribution in [2.45, 2.75) is 6.92 Å². The van der Waals surface area contributed by atoms with E-state index < -0.39 is 0 Å². The molecule has 0 heterocycles. The molecule has 13 heavy (non-hydrogen) atoms. The van der Waals surface area contributed by atoms with Gasteiger partial charge in [0.15, 0.2) is 0 Å². The molecular formula is C10H11ClFN. The number of hydrogen-bond acceptors (Lipinski definition) is 1. The molecule has 0 aliphatic rings.